The third-order valence-electron chi connectivity index (χ3n) is 4.68. The van der Waals surface area contributed by atoms with Crippen molar-refractivity contribution >= 4 is 35.2 Å². The molecule has 0 unspecified atom stereocenters. The Morgan fingerprint density at radius 1 is 1.17 bits per heavy atom. The molecule has 154 valence electrons. The largest absolute Gasteiger partial charge is 0.497 e. The number of hydrogen-bond donors (Lipinski definition) is 1. The summed E-state index contributed by atoms with van der Waals surface area (Å²) in [5.41, 5.74) is 1.56. The molecule has 2 aromatic carbocycles. The van der Waals surface area contributed by atoms with Gasteiger partial charge in [-0.15, -0.1) is 0 Å². The summed E-state index contributed by atoms with van der Waals surface area (Å²) in [6.07, 6.45) is 1.31. The Labute approximate surface area is 178 Å². The second kappa shape index (κ2) is 8.46. The van der Waals surface area contributed by atoms with Crippen LogP contribution in [0.2, 0.25) is 5.02 Å². The van der Waals surface area contributed by atoms with Crippen molar-refractivity contribution in [1.29, 1.82) is 0 Å². The lowest BCUT2D eigenvalue weighted by atomic mass is 10.2. The minimum absolute atomic E-state index is 0.0183. The average Bonchev–Trinajstić information content (AvgIpc) is 3.38. The Hall–Kier alpha value is -3.52. The maximum absolute atomic E-state index is 12.7. The molecule has 4 rings (SSSR count). The van der Waals surface area contributed by atoms with E-state index in [2.05, 4.69) is 10.3 Å². The van der Waals surface area contributed by atoms with Crippen molar-refractivity contribution < 1.29 is 18.7 Å². The van der Waals surface area contributed by atoms with E-state index in [9.17, 15) is 9.59 Å². The fourth-order valence-corrected chi connectivity index (χ4v) is 3.20. The van der Waals surface area contributed by atoms with Crippen molar-refractivity contribution in [2.45, 2.75) is 6.54 Å². The molecule has 1 saturated heterocycles. The van der Waals surface area contributed by atoms with Crippen molar-refractivity contribution in [2.75, 3.05) is 30.4 Å². The van der Waals surface area contributed by atoms with Crippen molar-refractivity contribution in [3.63, 3.8) is 0 Å². The van der Waals surface area contributed by atoms with Crippen LogP contribution in [0.4, 0.5) is 16.5 Å². The predicted octanol–water partition coefficient (Wildman–Crippen LogP) is 4.03. The number of rotatable bonds is 6. The molecule has 2 heterocycles. The van der Waals surface area contributed by atoms with Gasteiger partial charge in [0.05, 0.1) is 13.3 Å². The maximum atomic E-state index is 12.7. The number of halogens is 1. The summed E-state index contributed by atoms with van der Waals surface area (Å²) in [6, 6.07) is 14.1. The van der Waals surface area contributed by atoms with Crippen molar-refractivity contribution in [2.24, 2.45) is 0 Å². The van der Waals surface area contributed by atoms with Gasteiger partial charge < -0.3 is 19.4 Å². The van der Waals surface area contributed by atoms with Crippen molar-refractivity contribution in [3.8, 4) is 5.75 Å². The van der Waals surface area contributed by atoms with E-state index in [1.165, 1.54) is 11.1 Å². The van der Waals surface area contributed by atoms with Gasteiger partial charge in [-0.05, 0) is 42.0 Å². The van der Waals surface area contributed by atoms with Crippen LogP contribution in [-0.4, -0.2) is 42.0 Å². The highest BCUT2D eigenvalue weighted by Gasteiger charge is 2.33. The molecule has 1 aliphatic heterocycles. The number of nitrogens with one attached hydrogen (secondary N) is 1. The highest BCUT2D eigenvalue weighted by molar-refractivity contribution is 6.30. The Morgan fingerprint density at radius 3 is 2.60 bits per heavy atom. The lowest BCUT2D eigenvalue weighted by Crippen LogP contribution is -2.31. The molecule has 0 bridgehead atoms. The first kappa shape index (κ1) is 19.8. The predicted molar refractivity (Wildman–Crippen MR) is 112 cm³/mol. The molecule has 8 nitrogen and oxygen atoms in total. The van der Waals surface area contributed by atoms with Crippen LogP contribution in [0.3, 0.4) is 0 Å². The summed E-state index contributed by atoms with van der Waals surface area (Å²) >= 11 is 5.91. The number of oxazole rings is 1. The monoisotopic (exact) mass is 426 g/mol. The zero-order chi connectivity index (χ0) is 21.1. The number of aromatic nitrogens is 1. The Morgan fingerprint density at radius 2 is 1.90 bits per heavy atom. The number of urea groups is 1. The van der Waals surface area contributed by atoms with Gasteiger partial charge in [0.25, 0.3) is 5.91 Å². The lowest BCUT2D eigenvalue weighted by molar-refractivity contribution is 0.0997. The molecule has 1 fully saturated rings. The van der Waals surface area contributed by atoms with Gasteiger partial charge in [0.15, 0.2) is 0 Å². The molecule has 3 aromatic rings. The van der Waals surface area contributed by atoms with E-state index < -0.39 is 5.91 Å². The molecule has 9 heteroatoms. The van der Waals surface area contributed by atoms with E-state index in [-0.39, 0.29) is 17.8 Å². The van der Waals surface area contributed by atoms with Crippen LogP contribution in [0.25, 0.3) is 0 Å². The van der Waals surface area contributed by atoms with Gasteiger partial charge in [0.1, 0.15) is 5.75 Å². The van der Waals surface area contributed by atoms with E-state index in [0.717, 1.165) is 5.56 Å². The van der Waals surface area contributed by atoms with Crippen LogP contribution in [0.5, 0.6) is 5.75 Å². The summed E-state index contributed by atoms with van der Waals surface area (Å²) in [5.74, 6) is 0.249. The molecular formula is C21H19ClN4O4. The molecule has 0 atom stereocenters. The number of amides is 3. The Balaban J connectivity index is 1.40. The van der Waals surface area contributed by atoms with E-state index in [4.69, 9.17) is 20.8 Å². The number of carbonyl (C=O) groups is 2. The average molecular weight is 427 g/mol. The molecule has 1 aliphatic rings. The number of methoxy groups -OCH3 is 1. The quantitative estimate of drug-likeness (QED) is 0.642. The van der Waals surface area contributed by atoms with E-state index >= 15 is 0 Å². The van der Waals surface area contributed by atoms with Crippen LogP contribution in [0, 0.1) is 0 Å². The first-order chi connectivity index (χ1) is 14.5. The van der Waals surface area contributed by atoms with Crippen LogP contribution in [0.15, 0.2) is 59.1 Å². The number of nitrogens with zero attached hydrogens (tertiary/aromatic N) is 3. The summed E-state index contributed by atoms with van der Waals surface area (Å²) in [6.45, 7) is 1.40. The van der Waals surface area contributed by atoms with Gasteiger partial charge in [0.2, 0.25) is 5.76 Å². The third-order valence-corrected chi connectivity index (χ3v) is 4.93. The van der Waals surface area contributed by atoms with Crippen LogP contribution < -0.4 is 15.0 Å². The fourth-order valence-electron chi connectivity index (χ4n) is 3.08. The standard InChI is InChI=1S/C21H19ClN4O4/c1-29-17-8-6-16(7-9-17)24-19(27)18-12-23-20(30-18)26-11-10-25(21(26)28)13-14-2-4-15(22)5-3-14/h2-9,12H,10-11,13H2,1H3,(H,24,27). The minimum Gasteiger partial charge on any atom is -0.497 e. The molecule has 30 heavy (non-hydrogen) atoms. The van der Waals surface area contributed by atoms with Crippen LogP contribution >= 0.6 is 11.6 Å². The highest BCUT2D eigenvalue weighted by Crippen LogP contribution is 2.23. The second-order valence-electron chi connectivity index (χ2n) is 6.67. The summed E-state index contributed by atoms with van der Waals surface area (Å²) < 4.78 is 10.6. The first-order valence-electron chi connectivity index (χ1n) is 9.25. The van der Waals surface area contributed by atoms with Crippen LogP contribution in [0.1, 0.15) is 16.1 Å². The molecule has 1 aromatic heterocycles. The van der Waals surface area contributed by atoms with Crippen LogP contribution in [-0.2, 0) is 6.54 Å². The molecular weight excluding hydrogens is 408 g/mol. The summed E-state index contributed by atoms with van der Waals surface area (Å²) in [5, 5.41) is 3.36. The first-order valence-corrected chi connectivity index (χ1v) is 9.63. The third kappa shape index (κ3) is 4.23. The molecule has 0 saturated carbocycles. The summed E-state index contributed by atoms with van der Waals surface area (Å²) in [7, 11) is 1.57. The molecule has 0 radical (unpaired) electrons. The van der Waals surface area contributed by atoms with E-state index in [1.807, 2.05) is 12.1 Å². The van der Waals surface area contributed by atoms with E-state index in [1.54, 1.807) is 48.4 Å². The molecule has 0 spiro atoms. The van der Waals surface area contributed by atoms with Gasteiger partial charge in [-0.1, -0.05) is 23.7 Å². The zero-order valence-corrected chi connectivity index (χ0v) is 16.9. The number of benzene rings is 2. The second-order valence-corrected chi connectivity index (χ2v) is 7.11. The lowest BCUT2D eigenvalue weighted by Gasteiger charge is -2.16. The maximum Gasteiger partial charge on any atom is 0.328 e. The number of hydrogen-bond acceptors (Lipinski definition) is 5. The highest BCUT2D eigenvalue weighted by atomic mass is 35.5. The van der Waals surface area contributed by atoms with Crippen molar-refractivity contribution in [3.05, 3.63) is 71.1 Å². The Kier molecular flexibility index (Phi) is 5.58. The van der Waals surface area contributed by atoms with Gasteiger partial charge in [-0.25, -0.2) is 14.7 Å². The van der Waals surface area contributed by atoms with Crippen molar-refractivity contribution in [1.82, 2.24) is 9.88 Å². The number of anilines is 2. The van der Waals surface area contributed by atoms with Gasteiger partial charge in [0, 0.05) is 30.3 Å². The molecule has 3 amide bonds. The zero-order valence-electron chi connectivity index (χ0n) is 16.2. The molecule has 1 N–H and O–H groups in total. The molecule has 0 aliphatic carbocycles. The number of carbonyl (C=O) groups excluding carboxylic acids is 2. The van der Waals surface area contributed by atoms with Gasteiger partial charge in [-0.2, -0.15) is 0 Å². The summed E-state index contributed by atoms with van der Waals surface area (Å²) in [4.78, 5) is 32.3. The topological polar surface area (TPSA) is 87.9 Å². The van der Waals surface area contributed by atoms with E-state index in [0.29, 0.717) is 36.1 Å². The Bertz CT molecular complexity index is 1050. The van der Waals surface area contributed by atoms with Gasteiger partial charge >= 0.3 is 12.0 Å². The number of ether oxygens (including phenoxy) is 1. The smallest absolute Gasteiger partial charge is 0.328 e. The fraction of sp³-hybridized carbons (Fsp3) is 0.190. The SMILES string of the molecule is COc1ccc(NC(=O)c2cnc(N3CCN(Cc4ccc(Cl)cc4)C3=O)o2)cc1. The minimum atomic E-state index is -0.455. The van der Waals surface area contributed by atoms with Gasteiger partial charge in [-0.3, -0.25) is 4.79 Å². The normalized spacial score (nSPS) is 13.6.